The summed E-state index contributed by atoms with van der Waals surface area (Å²) in [5.41, 5.74) is -4.28. The number of rotatable bonds is 4. The molecule has 0 aliphatic carbocycles. The van der Waals surface area contributed by atoms with Crippen LogP contribution in [0.4, 0.5) is 43.4 Å². The number of aromatic hydroxyl groups is 1. The molecule has 1 saturated heterocycles. The Morgan fingerprint density at radius 3 is 1.91 bits per heavy atom. The predicted octanol–water partition coefficient (Wildman–Crippen LogP) is 6.88. The molecule has 0 aromatic heterocycles. The minimum atomic E-state index is -4.86. The Balaban J connectivity index is 1.77. The number of alkyl halides is 6. The first kappa shape index (κ1) is 31.3. The number of phenolic OH excluding ortho intramolecular Hbond substituents is 1. The molecule has 0 saturated carbocycles. The normalized spacial score (nSPS) is 16.4. The Kier molecular flexibility index (Phi) is 8.19. The number of nitrogens with one attached hydrogen (secondary N) is 2. The first-order chi connectivity index (χ1) is 20.0. The van der Waals surface area contributed by atoms with Crippen LogP contribution < -0.4 is 20.4 Å². The van der Waals surface area contributed by atoms with E-state index in [4.69, 9.17) is 29.7 Å². The van der Waals surface area contributed by atoms with E-state index in [-0.39, 0.29) is 27.3 Å². The number of thiocarbonyl (C=S) groups is 2. The second kappa shape index (κ2) is 11.2. The van der Waals surface area contributed by atoms with E-state index < -0.39 is 46.3 Å². The van der Waals surface area contributed by atoms with Gasteiger partial charge in [0, 0.05) is 17.1 Å². The lowest BCUT2D eigenvalue weighted by Gasteiger charge is -2.36. The van der Waals surface area contributed by atoms with Gasteiger partial charge in [-0.05, 0) is 98.9 Å². The number of anilines is 3. The van der Waals surface area contributed by atoms with Gasteiger partial charge in [0.05, 0.1) is 39.9 Å². The van der Waals surface area contributed by atoms with Gasteiger partial charge in [0.1, 0.15) is 11.9 Å². The minimum Gasteiger partial charge on any atom is -0.508 e. The van der Waals surface area contributed by atoms with Gasteiger partial charge in [-0.2, -0.15) is 36.9 Å². The van der Waals surface area contributed by atoms with Crippen LogP contribution in [0.5, 0.6) is 5.75 Å². The minimum absolute atomic E-state index is 0.0338. The Morgan fingerprint density at radius 1 is 0.860 bits per heavy atom. The predicted molar refractivity (Wildman–Crippen MR) is 155 cm³/mol. The maximum atomic E-state index is 13.9. The maximum absolute atomic E-state index is 13.9. The number of hydrogen-bond donors (Lipinski definition) is 3. The van der Waals surface area contributed by atoms with Crippen molar-refractivity contribution in [2.75, 3.05) is 15.1 Å². The van der Waals surface area contributed by atoms with E-state index in [1.54, 1.807) is 30.9 Å². The van der Waals surface area contributed by atoms with Crippen LogP contribution in [0.25, 0.3) is 0 Å². The molecule has 3 N–H and O–H groups in total. The number of halogens is 6. The molecule has 43 heavy (non-hydrogen) atoms. The highest BCUT2D eigenvalue weighted by Crippen LogP contribution is 2.42. The summed E-state index contributed by atoms with van der Waals surface area (Å²) in [4.78, 5) is 2.98. The third kappa shape index (κ3) is 6.14. The van der Waals surface area contributed by atoms with Gasteiger partial charge >= 0.3 is 12.4 Å². The number of phenols is 1. The number of hydrogen-bond acceptors (Lipinski definition) is 5. The van der Waals surface area contributed by atoms with E-state index in [2.05, 4.69) is 10.6 Å². The molecule has 1 fully saturated rings. The maximum Gasteiger partial charge on any atom is 0.417 e. The van der Waals surface area contributed by atoms with Crippen LogP contribution >= 0.6 is 24.4 Å². The Bertz CT molecular complexity index is 1680. The van der Waals surface area contributed by atoms with Gasteiger partial charge in [0.25, 0.3) is 0 Å². The molecule has 0 bridgehead atoms. The van der Waals surface area contributed by atoms with Gasteiger partial charge in [0.2, 0.25) is 0 Å². The highest BCUT2D eigenvalue weighted by molar-refractivity contribution is 7.81. The number of nitrogens with zero attached hydrogens (tertiary/aromatic N) is 4. The average Bonchev–Trinajstić information content (AvgIpc) is 3.11. The van der Waals surface area contributed by atoms with Gasteiger partial charge < -0.3 is 20.6 Å². The van der Waals surface area contributed by atoms with Crippen LogP contribution in [0.2, 0.25) is 0 Å². The highest BCUT2D eigenvalue weighted by Gasteiger charge is 2.51. The summed E-state index contributed by atoms with van der Waals surface area (Å²) in [5, 5.41) is 33.5. The average molecular weight is 635 g/mol. The van der Waals surface area contributed by atoms with Crippen LogP contribution in [0.15, 0.2) is 60.7 Å². The zero-order chi connectivity index (χ0) is 31.9. The first-order valence-electron chi connectivity index (χ1n) is 12.2. The molecular formula is C28H20F6N6OS2. The Labute approximate surface area is 252 Å². The second-order valence-electron chi connectivity index (χ2n) is 9.87. The fraction of sp³-hybridized carbons (Fsp3) is 0.214. The van der Waals surface area contributed by atoms with Crippen LogP contribution in [0.3, 0.4) is 0 Å². The zero-order valence-corrected chi connectivity index (χ0v) is 23.8. The molecule has 1 aliphatic rings. The zero-order valence-electron chi connectivity index (χ0n) is 22.2. The van der Waals surface area contributed by atoms with Crippen molar-refractivity contribution in [2.24, 2.45) is 0 Å². The molecule has 1 aliphatic heterocycles. The van der Waals surface area contributed by atoms with Gasteiger partial charge in [-0.25, -0.2) is 0 Å². The van der Waals surface area contributed by atoms with Crippen molar-refractivity contribution in [1.29, 1.82) is 10.5 Å². The van der Waals surface area contributed by atoms with E-state index >= 15 is 0 Å². The summed E-state index contributed by atoms with van der Waals surface area (Å²) in [6, 6.07) is 14.9. The molecule has 15 heteroatoms. The number of nitriles is 2. The SMILES string of the molecule is CC1(C)C(NC(=S)Nc2ccc(C#N)c(C(F)(F)F)c2)N(c2ccc(C#N)c(C(F)(F)F)c2)C(=S)N1c1ccc(O)cc1. The fourth-order valence-corrected chi connectivity index (χ4v) is 5.49. The van der Waals surface area contributed by atoms with Crippen LogP contribution in [-0.2, 0) is 12.4 Å². The van der Waals surface area contributed by atoms with E-state index in [1.165, 1.54) is 41.3 Å². The Hall–Kier alpha value is -4.60. The molecule has 1 heterocycles. The topological polar surface area (TPSA) is 98.3 Å². The lowest BCUT2D eigenvalue weighted by molar-refractivity contribution is -0.138. The van der Waals surface area contributed by atoms with Crippen LogP contribution in [0, 0.1) is 22.7 Å². The van der Waals surface area contributed by atoms with Crippen molar-refractivity contribution in [3.63, 3.8) is 0 Å². The van der Waals surface area contributed by atoms with Gasteiger partial charge in [-0.1, -0.05) is 0 Å². The van der Waals surface area contributed by atoms with Crippen molar-refractivity contribution in [2.45, 2.75) is 37.9 Å². The smallest absolute Gasteiger partial charge is 0.417 e. The molecule has 0 radical (unpaired) electrons. The summed E-state index contributed by atoms with van der Waals surface area (Å²) < 4.78 is 82.1. The van der Waals surface area contributed by atoms with Crippen molar-refractivity contribution in [1.82, 2.24) is 5.32 Å². The lowest BCUT2D eigenvalue weighted by Crippen LogP contribution is -2.57. The third-order valence-electron chi connectivity index (χ3n) is 6.69. The quantitative estimate of drug-likeness (QED) is 0.210. The lowest BCUT2D eigenvalue weighted by atomic mass is 9.99. The number of benzene rings is 3. The van der Waals surface area contributed by atoms with E-state index in [1.807, 2.05) is 0 Å². The summed E-state index contributed by atoms with van der Waals surface area (Å²) in [6.07, 6.45) is -10.7. The molecule has 0 amide bonds. The van der Waals surface area contributed by atoms with E-state index in [0.717, 1.165) is 18.2 Å². The van der Waals surface area contributed by atoms with E-state index in [9.17, 15) is 36.7 Å². The van der Waals surface area contributed by atoms with Crippen LogP contribution in [-0.4, -0.2) is 27.0 Å². The third-order valence-corrected chi connectivity index (χ3v) is 7.29. The molecular weight excluding hydrogens is 614 g/mol. The molecule has 3 aromatic rings. The second-order valence-corrected chi connectivity index (χ2v) is 10.6. The monoisotopic (exact) mass is 634 g/mol. The first-order valence-corrected chi connectivity index (χ1v) is 13.0. The van der Waals surface area contributed by atoms with Gasteiger partial charge in [-0.15, -0.1) is 0 Å². The fourth-order valence-electron chi connectivity index (χ4n) is 4.71. The van der Waals surface area contributed by atoms with Crippen molar-refractivity contribution >= 4 is 51.7 Å². The van der Waals surface area contributed by atoms with Crippen molar-refractivity contribution in [3.05, 3.63) is 82.9 Å². The molecule has 1 atom stereocenters. The summed E-state index contributed by atoms with van der Waals surface area (Å²) >= 11 is 11.1. The van der Waals surface area contributed by atoms with E-state index in [0.29, 0.717) is 11.8 Å². The standard InChI is InChI=1S/C28H20F6N6OS2/c1-26(2)23(38-24(42)37-17-5-3-15(13-35)21(11-17)27(29,30)31)39(25(43)40(26)18-7-9-20(41)10-8-18)19-6-4-16(14-36)22(12-19)28(32,33)34/h3-12,23,41H,1-2H3,(H2,37,38,42). The largest absolute Gasteiger partial charge is 0.508 e. The molecule has 222 valence electrons. The summed E-state index contributed by atoms with van der Waals surface area (Å²) in [7, 11) is 0. The molecule has 7 nitrogen and oxygen atoms in total. The Morgan fingerprint density at radius 2 is 1.37 bits per heavy atom. The molecule has 1 unspecified atom stereocenters. The van der Waals surface area contributed by atoms with Crippen molar-refractivity contribution < 1.29 is 31.4 Å². The highest BCUT2D eigenvalue weighted by atomic mass is 32.1. The molecule has 0 spiro atoms. The molecule has 4 rings (SSSR count). The van der Waals surface area contributed by atoms with Crippen molar-refractivity contribution in [3.8, 4) is 17.9 Å². The summed E-state index contributed by atoms with van der Waals surface area (Å²) in [5.74, 6) is -0.0360. The summed E-state index contributed by atoms with van der Waals surface area (Å²) in [6.45, 7) is 3.43. The van der Waals surface area contributed by atoms with Gasteiger partial charge in [0.15, 0.2) is 10.2 Å². The molecule has 3 aromatic carbocycles. The van der Waals surface area contributed by atoms with Crippen LogP contribution in [0.1, 0.15) is 36.1 Å². The van der Waals surface area contributed by atoms with Gasteiger partial charge in [-0.3, -0.25) is 4.90 Å².